The Kier molecular flexibility index (Phi) is 7.87. The molecule has 0 aliphatic heterocycles. The molecule has 1 rings (SSSR count). The molecule has 1 amide bonds. The van der Waals surface area contributed by atoms with E-state index in [1.54, 1.807) is 20.8 Å². The molecule has 1 aromatic carbocycles. The van der Waals surface area contributed by atoms with Crippen LogP contribution in [0, 0.1) is 0 Å². The van der Waals surface area contributed by atoms with Crippen LogP contribution in [0.3, 0.4) is 0 Å². The number of aliphatic hydroxyl groups excluding tert-OH is 2. The number of primary amides is 1. The van der Waals surface area contributed by atoms with Crippen molar-refractivity contribution >= 4 is 6.09 Å². The van der Waals surface area contributed by atoms with Crippen LogP contribution in [0.1, 0.15) is 39.2 Å². The molecule has 0 aliphatic carbocycles. The van der Waals surface area contributed by atoms with E-state index in [2.05, 4.69) is 4.74 Å². The summed E-state index contributed by atoms with van der Waals surface area (Å²) >= 11 is 0. The molecule has 5 heteroatoms. The first kappa shape index (κ1) is 18.4. The fourth-order valence-corrected chi connectivity index (χ4v) is 1.44. The third-order valence-corrected chi connectivity index (χ3v) is 2.50. The summed E-state index contributed by atoms with van der Waals surface area (Å²) in [5.74, 6) is -0.00352. The van der Waals surface area contributed by atoms with Crippen LogP contribution in [0.4, 0.5) is 4.79 Å². The van der Waals surface area contributed by atoms with Crippen LogP contribution in [-0.2, 0) is 4.74 Å². The topological polar surface area (TPSA) is 92.8 Å². The summed E-state index contributed by atoms with van der Waals surface area (Å²) in [6.07, 6.45) is -1.38. The second kappa shape index (κ2) is 8.55. The fraction of sp³-hybridized carbons (Fsp3) is 0.533. The van der Waals surface area contributed by atoms with Crippen molar-refractivity contribution in [3.05, 3.63) is 35.9 Å². The molecule has 0 saturated heterocycles. The lowest BCUT2D eigenvalue weighted by Gasteiger charge is -2.16. The van der Waals surface area contributed by atoms with E-state index in [0.717, 1.165) is 5.56 Å². The van der Waals surface area contributed by atoms with E-state index in [4.69, 9.17) is 10.8 Å². The van der Waals surface area contributed by atoms with Crippen LogP contribution < -0.4 is 5.73 Å². The van der Waals surface area contributed by atoms with Crippen molar-refractivity contribution < 1.29 is 19.7 Å². The van der Waals surface area contributed by atoms with E-state index in [0.29, 0.717) is 0 Å². The quantitative estimate of drug-likeness (QED) is 0.791. The van der Waals surface area contributed by atoms with Gasteiger partial charge in [-0.1, -0.05) is 37.3 Å². The number of rotatable bonds is 3. The Morgan fingerprint density at radius 2 is 1.80 bits per heavy atom. The van der Waals surface area contributed by atoms with Crippen molar-refractivity contribution in [1.29, 1.82) is 0 Å². The maximum atomic E-state index is 10.0. The Morgan fingerprint density at radius 1 is 1.30 bits per heavy atom. The van der Waals surface area contributed by atoms with Gasteiger partial charge in [0.1, 0.15) is 5.60 Å². The number of benzene rings is 1. The van der Waals surface area contributed by atoms with Crippen LogP contribution in [0.25, 0.3) is 0 Å². The zero-order valence-electron chi connectivity index (χ0n) is 12.5. The molecule has 4 N–H and O–H groups in total. The largest absolute Gasteiger partial charge is 0.444 e. The van der Waals surface area contributed by atoms with Crippen molar-refractivity contribution in [1.82, 2.24) is 0 Å². The van der Waals surface area contributed by atoms with Crippen molar-refractivity contribution in [3.63, 3.8) is 0 Å². The normalized spacial score (nSPS) is 13.7. The lowest BCUT2D eigenvalue weighted by molar-refractivity contribution is 0.0600. The third kappa shape index (κ3) is 8.50. The molecule has 5 nitrogen and oxygen atoms in total. The van der Waals surface area contributed by atoms with Crippen LogP contribution in [0.15, 0.2) is 30.3 Å². The SMILES string of the molecule is CC(C)(C)OC(N)=O.CC(c1ccccc1)C(O)CO. The second-order valence-electron chi connectivity index (χ2n) is 5.48. The number of hydrogen-bond acceptors (Lipinski definition) is 4. The molecule has 2 atom stereocenters. The highest BCUT2D eigenvalue weighted by molar-refractivity contribution is 5.65. The van der Waals surface area contributed by atoms with Crippen LogP contribution in [0.2, 0.25) is 0 Å². The van der Waals surface area contributed by atoms with E-state index in [1.165, 1.54) is 0 Å². The first-order valence-corrected chi connectivity index (χ1v) is 6.49. The molecule has 0 bridgehead atoms. The Labute approximate surface area is 120 Å². The Morgan fingerprint density at radius 3 is 2.10 bits per heavy atom. The number of amides is 1. The summed E-state index contributed by atoms with van der Waals surface area (Å²) in [7, 11) is 0. The smallest absolute Gasteiger partial charge is 0.405 e. The van der Waals surface area contributed by atoms with Gasteiger partial charge in [0.2, 0.25) is 0 Å². The number of carbonyl (C=O) groups is 1. The molecular weight excluding hydrogens is 258 g/mol. The number of carbonyl (C=O) groups excluding carboxylic acids is 1. The Bertz CT molecular complexity index is 387. The van der Waals surface area contributed by atoms with Gasteiger partial charge in [0, 0.05) is 5.92 Å². The van der Waals surface area contributed by atoms with Crippen LogP contribution in [0.5, 0.6) is 0 Å². The Hall–Kier alpha value is -1.59. The standard InChI is InChI=1S/C10H14O2.C5H11NO2/c1-8(10(12)7-11)9-5-3-2-4-6-9;1-5(2,3)8-4(6)7/h2-6,8,10-12H,7H2,1H3;1-3H3,(H2,6,7). The first-order valence-electron chi connectivity index (χ1n) is 6.49. The molecule has 1 aromatic rings. The molecule has 0 aromatic heterocycles. The molecule has 0 heterocycles. The van der Waals surface area contributed by atoms with E-state index in [-0.39, 0.29) is 12.5 Å². The van der Waals surface area contributed by atoms with Crippen molar-refractivity contribution in [2.75, 3.05) is 6.61 Å². The predicted molar refractivity (Wildman–Crippen MR) is 78.4 cm³/mol. The van der Waals surface area contributed by atoms with Gasteiger partial charge in [0.25, 0.3) is 0 Å². The number of ether oxygens (including phenoxy) is 1. The zero-order valence-corrected chi connectivity index (χ0v) is 12.5. The van der Waals surface area contributed by atoms with Gasteiger partial charge in [0.15, 0.2) is 0 Å². The van der Waals surface area contributed by atoms with Gasteiger partial charge < -0.3 is 20.7 Å². The van der Waals surface area contributed by atoms with E-state index >= 15 is 0 Å². The maximum Gasteiger partial charge on any atom is 0.405 e. The first-order chi connectivity index (χ1) is 9.17. The van der Waals surface area contributed by atoms with Crippen LogP contribution in [-0.4, -0.2) is 34.6 Å². The fourth-order valence-electron chi connectivity index (χ4n) is 1.44. The zero-order chi connectivity index (χ0) is 15.8. The van der Waals surface area contributed by atoms with Crippen molar-refractivity contribution in [2.24, 2.45) is 5.73 Å². The predicted octanol–water partition coefficient (Wildman–Crippen LogP) is 2.02. The molecule has 0 fully saturated rings. The van der Waals surface area contributed by atoms with E-state index < -0.39 is 17.8 Å². The molecule has 0 spiro atoms. The van der Waals surface area contributed by atoms with Gasteiger partial charge in [-0.2, -0.15) is 0 Å². The summed E-state index contributed by atoms with van der Waals surface area (Å²) in [6, 6.07) is 9.68. The third-order valence-electron chi connectivity index (χ3n) is 2.50. The summed E-state index contributed by atoms with van der Waals surface area (Å²) in [5, 5.41) is 18.0. The summed E-state index contributed by atoms with van der Waals surface area (Å²) < 4.78 is 4.58. The second-order valence-corrected chi connectivity index (χ2v) is 5.48. The Balaban J connectivity index is 0.000000396. The lowest BCUT2D eigenvalue weighted by Crippen LogP contribution is -2.27. The van der Waals surface area contributed by atoms with Crippen molar-refractivity contribution in [2.45, 2.75) is 45.3 Å². The summed E-state index contributed by atoms with van der Waals surface area (Å²) in [6.45, 7) is 7.00. The van der Waals surface area contributed by atoms with Gasteiger partial charge in [-0.15, -0.1) is 0 Å². The minimum Gasteiger partial charge on any atom is -0.444 e. The molecule has 0 saturated carbocycles. The minimum atomic E-state index is -0.725. The van der Waals surface area contributed by atoms with E-state index in [9.17, 15) is 9.90 Å². The molecule has 0 aliphatic rings. The highest BCUT2D eigenvalue weighted by atomic mass is 16.6. The highest BCUT2D eigenvalue weighted by Gasteiger charge is 2.14. The molecule has 2 unspecified atom stereocenters. The van der Waals surface area contributed by atoms with Crippen molar-refractivity contribution in [3.8, 4) is 0 Å². The highest BCUT2D eigenvalue weighted by Crippen LogP contribution is 2.17. The van der Waals surface area contributed by atoms with Gasteiger partial charge in [-0.25, -0.2) is 4.79 Å². The van der Waals surface area contributed by atoms with Gasteiger partial charge in [-0.05, 0) is 26.3 Å². The molecule has 0 radical (unpaired) electrons. The number of nitrogens with two attached hydrogens (primary N) is 1. The van der Waals surface area contributed by atoms with Gasteiger partial charge in [0.05, 0.1) is 12.7 Å². The minimum absolute atomic E-state index is 0.00352. The van der Waals surface area contributed by atoms with E-state index in [1.807, 2.05) is 37.3 Å². The monoisotopic (exact) mass is 283 g/mol. The summed E-state index contributed by atoms with van der Waals surface area (Å²) in [4.78, 5) is 10.0. The average Bonchev–Trinajstić information content (AvgIpc) is 2.35. The average molecular weight is 283 g/mol. The van der Waals surface area contributed by atoms with Crippen LogP contribution >= 0.6 is 0 Å². The number of aliphatic hydroxyl groups is 2. The lowest BCUT2D eigenvalue weighted by atomic mass is 9.96. The summed E-state index contributed by atoms with van der Waals surface area (Å²) in [5.41, 5.74) is 5.32. The molecular formula is C15H25NO4. The maximum absolute atomic E-state index is 10.0. The van der Waals surface area contributed by atoms with Gasteiger partial charge >= 0.3 is 6.09 Å². The molecule has 114 valence electrons. The van der Waals surface area contributed by atoms with Gasteiger partial charge in [-0.3, -0.25) is 0 Å². The molecule has 20 heavy (non-hydrogen) atoms. The number of hydrogen-bond donors (Lipinski definition) is 3.